The topological polar surface area (TPSA) is 85.5 Å². The number of aromatic nitrogens is 5. The second-order valence-electron chi connectivity index (χ2n) is 14.7. The molecule has 7 nitrogen and oxygen atoms in total. The van der Waals surface area contributed by atoms with Gasteiger partial charge in [0.1, 0.15) is 0 Å². The molecule has 6 aromatic carbocycles. The summed E-state index contributed by atoms with van der Waals surface area (Å²) in [4.78, 5) is 13.8. The summed E-state index contributed by atoms with van der Waals surface area (Å²) in [5.41, 5.74) is 13.3. The van der Waals surface area contributed by atoms with Crippen LogP contribution >= 0.6 is 0 Å². The molecule has 9 rings (SSSR count). The minimum atomic E-state index is 0. The predicted molar refractivity (Wildman–Crippen MR) is 232 cm³/mol. The van der Waals surface area contributed by atoms with Crippen molar-refractivity contribution in [1.82, 2.24) is 24.1 Å². The summed E-state index contributed by atoms with van der Waals surface area (Å²) in [5, 5.41) is 9.19. The molecule has 3 heterocycles. The van der Waals surface area contributed by atoms with Crippen molar-refractivity contribution >= 4 is 11.1 Å². The van der Waals surface area contributed by atoms with E-state index < -0.39 is 0 Å². The van der Waals surface area contributed by atoms with Gasteiger partial charge in [-0.25, -0.2) is 4.98 Å². The quantitative estimate of drug-likeness (QED) is 0.142. The Morgan fingerprint density at radius 2 is 1.19 bits per heavy atom. The summed E-state index contributed by atoms with van der Waals surface area (Å²) in [6, 6.07) is 51.8. The molecule has 0 unspecified atom stereocenters. The third-order valence-corrected chi connectivity index (χ3v) is 10.2. The molecule has 0 atom stereocenters. The molecule has 0 amide bonds. The molecular formula is C51H42IrN6O-2. The molecule has 0 bridgehead atoms. The van der Waals surface area contributed by atoms with Gasteiger partial charge in [0.25, 0.3) is 0 Å². The number of aryl methyl sites for hydroxylation is 1. The van der Waals surface area contributed by atoms with Crippen LogP contribution in [0.15, 0.2) is 157 Å². The molecule has 0 aliphatic carbocycles. The Labute approximate surface area is 359 Å². The van der Waals surface area contributed by atoms with Crippen molar-refractivity contribution in [2.45, 2.75) is 46.5 Å². The second-order valence-corrected chi connectivity index (χ2v) is 14.7. The molecule has 0 spiro atoms. The fourth-order valence-electron chi connectivity index (χ4n) is 7.44. The molecule has 0 saturated heterocycles. The Hall–Kier alpha value is -6.65. The van der Waals surface area contributed by atoms with Gasteiger partial charge in [0.15, 0.2) is 5.89 Å². The van der Waals surface area contributed by atoms with Crippen LogP contribution in [0.1, 0.15) is 62.1 Å². The third kappa shape index (κ3) is 8.35. The van der Waals surface area contributed by atoms with Crippen LogP contribution in [0, 0.1) is 30.4 Å². The van der Waals surface area contributed by atoms with Crippen LogP contribution in [-0.2, 0) is 20.1 Å². The zero-order chi connectivity index (χ0) is 40.2. The molecule has 0 aliphatic rings. The van der Waals surface area contributed by atoms with Gasteiger partial charge in [-0.15, -0.1) is 53.6 Å². The minimum Gasteiger partial charge on any atom is -0.488 e. The van der Waals surface area contributed by atoms with Gasteiger partial charge >= 0.3 is 0 Å². The SMILES string of the molecule is CC(C)c1cccc(C(C)C)c1-n1ccnc1-c1[c-]ccc(C#N)c1.Cc1nc2cc(-c3nccn3-c3c(-c4ccccc4)cccc3-c3ccccc3)[c-]cc2o1.[Ir]. The van der Waals surface area contributed by atoms with Gasteiger partial charge in [-0.05, 0) is 39.7 Å². The summed E-state index contributed by atoms with van der Waals surface area (Å²) < 4.78 is 9.92. The van der Waals surface area contributed by atoms with E-state index in [2.05, 4.69) is 150 Å². The Morgan fingerprint density at radius 1 is 0.644 bits per heavy atom. The molecule has 59 heavy (non-hydrogen) atoms. The van der Waals surface area contributed by atoms with Gasteiger partial charge in [-0.3, -0.25) is 9.97 Å². The van der Waals surface area contributed by atoms with Gasteiger partial charge < -0.3 is 13.6 Å². The van der Waals surface area contributed by atoms with E-state index in [9.17, 15) is 5.26 Å². The van der Waals surface area contributed by atoms with Gasteiger partial charge in [-0.1, -0.05) is 125 Å². The molecule has 8 heteroatoms. The van der Waals surface area contributed by atoms with E-state index in [1.54, 1.807) is 12.1 Å². The molecule has 3 aromatic heterocycles. The van der Waals surface area contributed by atoms with Crippen LogP contribution in [0.4, 0.5) is 0 Å². The van der Waals surface area contributed by atoms with Crippen molar-refractivity contribution in [2.24, 2.45) is 0 Å². The number of nitrogens with zero attached hydrogens (tertiary/aromatic N) is 6. The maximum Gasteiger partial charge on any atom is 0.180 e. The van der Waals surface area contributed by atoms with Gasteiger partial charge in [0.2, 0.25) is 0 Å². The monoisotopic (exact) mass is 947 g/mol. The first-order valence-electron chi connectivity index (χ1n) is 19.5. The average Bonchev–Trinajstić information content (AvgIpc) is 4.04. The maximum absolute atomic E-state index is 9.19. The number of hydrogen-bond donors (Lipinski definition) is 0. The Morgan fingerprint density at radius 3 is 1.75 bits per heavy atom. The summed E-state index contributed by atoms with van der Waals surface area (Å²) in [6.07, 6.45) is 7.65. The molecule has 293 valence electrons. The number of nitriles is 1. The summed E-state index contributed by atoms with van der Waals surface area (Å²) in [5.74, 6) is 3.06. The van der Waals surface area contributed by atoms with E-state index in [1.165, 1.54) is 16.8 Å². The van der Waals surface area contributed by atoms with Gasteiger partial charge in [-0.2, -0.15) is 5.26 Å². The van der Waals surface area contributed by atoms with Crippen molar-refractivity contribution in [2.75, 3.05) is 0 Å². The first-order chi connectivity index (χ1) is 28.3. The molecule has 0 N–H and O–H groups in total. The molecule has 0 saturated carbocycles. The second kappa shape index (κ2) is 17.9. The standard InChI is InChI=1S/C29H20N3O.C22H22N3.Ir/c1-20-31-26-19-23(15-16-27(26)33-20)29-30-17-18-32(29)28-24(21-9-4-2-5-10-21)13-8-14-25(28)22-11-6-3-7-12-22;1-15(2)19-9-6-10-20(16(3)4)21(19)25-12-11-24-22(25)18-8-5-7-17(13-18)14-23;/h2-14,16-19H,1H3;5-7,9-13,15-16H,1-4H3;/q2*-1;. The molecule has 0 aliphatic heterocycles. The molecule has 9 aromatic rings. The number of oxazole rings is 1. The Bertz CT molecular complexity index is 2800. The Balaban J connectivity index is 0.000000183. The number of imidazole rings is 2. The van der Waals surface area contributed by atoms with Crippen LogP contribution in [0.3, 0.4) is 0 Å². The van der Waals surface area contributed by atoms with Crippen molar-refractivity contribution in [1.29, 1.82) is 5.26 Å². The van der Waals surface area contributed by atoms with E-state index in [0.717, 1.165) is 61.8 Å². The zero-order valence-electron chi connectivity index (χ0n) is 33.5. The first kappa shape index (κ1) is 40.5. The number of rotatable bonds is 8. The fraction of sp³-hybridized carbons (Fsp3) is 0.137. The number of fused-ring (bicyclic) bond motifs is 1. The fourth-order valence-corrected chi connectivity index (χ4v) is 7.44. The van der Waals surface area contributed by atoms with Crippen molar-refractivity contribution in [3.05, 3.63) is 187 Å². The van der Waals surface area contributed by atoms with Crippen LogP contribution in [-0.4, -0.2) is 24.1 Å². The number of hydrogen-bond acceptors (Lipinski definition) is 5. The van der Waals surface area contributed by atoms with Crippen LogP contribution in [0.5, 0.6) is 0 Å². The average molecular weight is 947 g/mol. The van der Waals surface area contributed by atoms with E-state index in [-0.39, 0.29) is 20.1 Å². The van der Waals surface area contributed by atoms with Crippen molar-refractivity contribution in [3.8, 4) is 62.5 Å². The largest absolute Gasteiger partial charge is 0.488 e. The van der Waals surface area contributed by atoms with Crippen molar-refractivity contribution in [3.63, 3.8) is 0 Å². The van der Waals surface area contributed by atoms with Crippen LogP contribution < -0.4 is 0 Å². The maximum atomic E-state index is 9.19. The molecule has 0 fully saturated rings. The number of benzene rings is 6. The van der Waals surface area contributed by atoms with Gasteiger partial charge in [0, 0.05) is 74.1 Å². The molecular weight excluding hydrogens is 905 g/mol. The predicted octanol–water partition coefficient (Wildman–Crippen LogP) is 12.6. The van der Waals surface area contributed by atoms with Crippen LogP contribution in [0.25, 0.3) is 67.5 Å². The van der Waals surface area contributed by atoms with E-state index in [4.69, 9.17) is 9.40 Å². The van der Waals surface area contributed by atoms with E-state index in [0.29, 0.717) is 23.3 Å². The molecule has 1 radical (unpaired) electrons. The minimum absolute atomic E-state index is 0. The summed E-state index contributed by atoms with van der Waals surface area (Å²) in [7, 11) is 0. The smallest absolute Gasteiger partial charge is 0.180 e. The van der Waals surface area contributed by atoms with Crippen LogP contribution in [0.2, 0.25) is 0 Å². The first-order valence-corrected chi connectivity index (χ1v) is 19.5. The van der Waals surface area contributed by atoms with Gasteiger partial charge in [0.05, 0.1) is 29.0 Å². The summed E-state index contributed by atoms with van der Waals surface area (Å²) in [6.45, 7) is 10.7. The Kier molecular flexibility index (Phi) is 12.3. The van der Waals surface area contributed by atoms with E-state index in [1.807, 2.05) is 62.0 Å². The number of para-hydroxylation sites is 2. The van der Waals surface area contributed by atoms with E-state index >= 15 is 0 Å². The van der Waals surface area contributed by atoms with Crippen molar-refractivity contribution < 1.29 is 24.5 Å². The summed E-state index contributed by atoms with van der Waals surface area (Å²) >= 11 is 0. The normalized spacial score (nSPS) is 10.9. The third-order valence-electron chi connectivity index (χ3n) is 10.2. The zero-order valence-corrected chi connectivity index (χ0v) is 35.9.